The van der Waals surface area contributed by atoms with E-state index in [0.717, 1.165) is 19.3 Å². The summed E-state index contributed by atoms with van der Waals surface area (Å²) < 4.78 is 21.1. The van der Waals surface area contributed by atoms with E-state index >= 15 is 0 Å². The van der Waals surface area contributed by atoms with Crippen molar-refractivity contribution >= 4 is 17.1 Å². The number of piperidine rings is 1. The fourth-order valence-electron chi connectivity index (χ4n) is 2.97. The van der Waals surface area contributed by atoms with E-state index < -0.39 is 16.6 Å². The zero-order valence-corrected chi connectivity index (χ0v) is 18.2. The minimum Gasteiger partial charge on any atom is -0.444 e. The fraction of sp³-hybridized carbons (Fsp3) is 0.947. The molecule has 1 fully saturated rings. The van der Waals surface area contributed by atoms with Crippen LogP contribution in [0.25, 0.3) is 0 Å². The van der Waals surface area contributed by atoms with Crippen molar-refractivity contribution in [1.82, 2.24) is 9.62 Å². The molecule has 2 atom stereocenters. The number of nitrogens with one attached hydrogen (secondary N) is 1. The molecule has 0 aromatic heterocycles. The molecule has 1 amide bonds. The van der Waals surface area contributed by atoms with Gasteiger partial charge in [-0.05, 0) is 72.6 Å². The molecule has 0 aliphatic carbocycles. The third-order valence-electron chi connectivity index (χ3n) is 4.30. The van der Waals surface area contributed by atoms with Crippen molar-refractivity contribution in [2.24, 2.45) is 11.8 Å². The summed E-state index contributed by atoms with van der Waals surface area (Å²) in [5.41, 5.74) is -0.459. The summed E-state index contributed by atoms with van der Waals surface area (Å²) >= 11 is 0. The zero-order chi connectivity index (χ0) is 19.4. The van der Waals surface area contributed by atoms with E-state index in [1.807, 2.05) is 41.5 Å². The summed E-state index contributed by atoms with van der Waals surface area (Å²) in [6, 6.07) is 0.223. The van der Waals surface area contributed by atoms with Gasteiger partial charge < -0.3 is 9.64 Å². The maximum atomic E-state index is 12.5. The highest BCUT2D eigenvalue weighted by Gasteiger charge is 2.33. The third kappa shape index (κ3) is 8.07. The highest BCUT2D eigenvalue weighted by Crippen LogP contribution is 2.27. The molecule has 1 aliphatic heterocycles. The lowest BCUT2D eigenvalue weighted by atomic mass is 9.85. The molecule has 0 saturated carbocycles. The Labute approximate surface area is 156 Å². The van der Waals surface area contributed by atoms with Crippen molar-refractivity contribution in [1.29, 1.82) is 0 Å². The molecule has 1 N–H and O–H groups in total. The standard InChI is InChI=1S/C19H38N2O3S/c1-14(2)13-16(20-25(23)19(6,7)8)15-9-11-21(12-10-15)17(22)24-18(3,4)5/h14-16,20H,9-13H2,1-8H3/t16-,25+/m1/s1. The minimum absolute atomic E-state index is 0.223. The number of nitrogens with zero attached hydrogens (tertiary/aromatic N) is 1. The number of hydrogen-bond donors (Lipinski definition) is 1. The van der Waals surface area contributed by atoms with Crippen LogP contribution in [0.2, 0.25) is 0 Å². The highest BCUT2D eigenvalue weighted by molar-refractivity contribution is 7.84. The number of likely N-dealkylation sites (tertiary alicyclic amines) is 1. The lowest BCUT2D eigenvalue weighted by Crippen LogP contribution is -2.49. The normalized spacial score (nSPS) is 19.8. The van der Waals surface area contributed by atoms with Gasteiger partial charge in [-0.15, -0.1) is 0 Å². The van der Waals surface area contributed by atoms with E-state index in [0.29, 0.717) is 24.9 Å². The molecule has 1 saturated heterocycles. The van der Waals surface area contributed by atoms with Crippen LogP contribution in [0.1, 0.15) is 74.7 Å². The Kier molecular flexibility index (Phi) is 7.94. The summed E-state index contributed by atoms with van der Waals surface area (Å²) in [5.74, 6) is 0.978. The molecule has 25 heavy (non-hydrogen) atoms. The summed E-state index contributed by atoms with van der Waals surface area (Å²) in [7, 11) is -1.07. The van der Waals surface area contributed by atoms with Crippen LogP contribution < -0.4 is 4.72 Å². The van der Waals surface area contributed by atoms with E-state index in [4.69, 9.17) is 4.74 Å². The maximum absolute atomic E-state index is 12.5. The molecule has 0 radical (unpaired) electrons. The van der Waals surface area contributed by atoms with Crippen molar-refractivity contribution < 1.29 is 13.7 Å². The predicted octanol–water partition coefficient (Wildman–Crippen LogP) is 4.10. The van der Waals surface area contributed by atoms with Crippen LogP contribution in [-0.2, 0) is 15.7 Å². The van der Waals surface area contributed by atoms with Gasteiger partial charge in [0.15, 0.2) is 0 Å². The molecule has 0 unspecified atom stereocenters. The number of ether oxygens (including phenoxy) is 1. The molecule has 0 spiro atoms. The van der Waals surface area contributed by atoms with Gasteiger partial charge in [0.05, 0.1) is 15.7 Å². The predicted molar refractivity (Wildman–Crippen MR) is 105 cm³/mol. The summed E-state index contributed by atoms with van der Waals surface area (Å²) in [6.45, 7) is 17.5. The van der Waals surface area contributed by atoms with E-state index in [9.17, 15) is 9.00 Å². The molecular formula is C19H38N2O3S. The van der Waals surface area contributed by atoms with Crippen LogP contribution in [-0.4, -0.2) is 44.7 Å². The number of hydrogen-bond acceptors (Lipinski definition) is 3. The van der Waals surface area contributed by atoms with Crippen LogP contribution in [0, 0.1) is 11.8 Å². The van der Waals surface area contributed by atoms with Gasteiger partial charge in [0.2, 0.25) is 0 Å². The van der Waals surface area contributed by atoms with Crippen LogP contribution in [0.5, 0.6) is 0 Å². The molecule has 148 valence electrons. The van der Waals surface area contributed by atoms with E-state index in [1.54, 1.807) is 4.90 Å². The van der Waals surface area contributed by atoms with Gasteiger partial charge >= 0.3 is 6.09 Å². The van der Waals surface area contributed by atoms with Crippen molar-refractivity contribution in [3.8, 4) is 0 Å². The van der Waals surface area contributed by atoms with Crippen molar-refractivity contribution in [2.75, 3.05) is 13.1 Å². The Balaban J connectivity index is 2.65. The Morgan fingerprint density at radius 3 is 2.08 bits per heavy atom. The van der Waals surface area contributed by atoms with Gasteiger partial charge in [0.25, 0.3) is 0 Å². The molecule has 1 heterocycles. The van der Waals surface area contributed by atoms with Gasteiger partial charge in [-0.2, -0.15) is 0 Å². The average Bonchev–Trinajstić information content (AvgIpc) is 2.43. The second-order valence-corrected chi connectivity index (χ2v) is 11.5. The fourth-order valence-corrected chi connectivity index (χ4v) is 3.89. The number of carbonyl (C=O) groups is 1. The first-order chi connectivity index (χ1) is 11.3. The largest absolute Gasteiger partial charge is 0.444 e. The third-order valence-corrected chi connectivity index (χ3v) is 5.93. The average molecular weight is 375 g/mol. The molecule has 0 bridgehead atoms. The Hall–Kier alpha value is -0.620. The van der Waals surface area contributed by atoms with Crippen molar-refractivity contribution in [2.45, 2.75) is 91.0 Å². The van der Waals surface area contributed by atoms with E-state index in [-0.39, 0.29) is 16.9 Å². The molecule has 1 aliphatic rings. The molecule has 0 aromatic rings. The smallest absolute Gasteiger partial charge is 0.410 e. The van der Waals surface area contributed by atoms with Gasteiger partial charge in [-0.3, -0.25) is 0 Å². The van der Waals surface area contributed by atoms with Gasteiger partial charge in [0.1, 0.15) is 5.60 Å². The lowest BCUT2D eigenvalue weighted by molar-refractivity contribution is 0.0169. The number of rotatable bonds is 5. The Morgan fingerprint density at radius 1 is 1.16 bits per heavy atom. The quantitative estimate of drug-likeness (QED) is 0.788. The van der Waals surface area contributed by atoms with Crippen LogP contribution >= 0.6 is 0 Å². The second-order valence-electron chi connectivity index (χ2n) is 9.54. The second kappa shape index (κ2) is 8.85. The SMILES string of the molecule is CC(C)C[C@@H](N[S@@](=O)C(C)(C)C)C1CCN(C(=O)OC(C)(C)C)CC1. The lowest BCUT2D eigenvalue weighted by Gasteiger charge is -2.38. The first kappa shape index (κ1) is 22.4. The van der Waals surface area contributed by atoms with Crippen LogP contribution in [0.4, 0.5) is 4.79 Å². The molecule has 5 nitrogen and oxygen atoms in total. The zero-order valence-electron chi connectivity index (χ0n) is 17.3. The van der Waals surface area contributed by atoms with Crippen molar-refractivity contribution in [3.05, 3.63) is 0 Å². The highest BCUT2D eigenvalue weighted by atomic mass is 32.2. The Morgan fingerprint density at radius 2 is 1.68 bits per heavy atom. The minimum atomic E-state index is -1.07. The van der Waals surface area contributed by atoms with Gasteiger partial charge in [-0.1, -0.05) is 13.8 Å². The summed E-state index contributed by atoms with van der Waals surface area (Å²) in [6.07, 6.45) is 2.62. The molecule has 0 aromatic carbocycles. The first-order valence-electron chi connectivity index (χ1n) is 9.45. The summed E-state index contributed by atoms with van der Waals surface area (Å²) in [4.78, 5) is 14.0. The summed E-state index contributed by atoms with van der Waals surface area (Å²) in [5, 5.41) is 0. The van der Waals surface area contributed by atoms with Gasteiger partial charge in [-0.25, -0.2) is 13.7 Å². The monoisotopic (exact) mass is 374 g/mol. The molecule has 1 rings (SSSR count). The maximum Gasteiger partial charge on any atom is 0.410 e. The Bertz CT molecular complexity index is 458. The van der Waals surface area contributed by atoms with Crippen LogP contribution in [0.15, 0.2) is 0 Å². The van der Waals surface area contributed by atoms with E-state index in [1.165, 1.54) is 0 Å². The molecular weight excluding hydrogens is 336 g/mol. The topological polar surface area (TPSA) is 58.6 Å². The number of amides is 1. The molecule has 6 heteroatoms. The van der Waals surface area contributed by atoms with E-state index in [2.05, 4.69) is 18.6 Å². The first-order valence-corrected chi connectivity index (χ1v) is 10.6. The number of carbonyl (C=O) groups excluding carboxylic acids is 1. The van der Waals surface area contributed by atoms with Crippen molar-refractivity contribution in [3.63, 3.8) is 0 Å². The van der Waals surface area contributed by atoms with Crippen LogP contribution in [0.3, 0.4) is 0 Å². The van der Waals surface area contributed by atoms with Gasteiger partial charge in [0, 0.05) is 19.1 Å².